The molecule has 3 rings (SSSR count). The smallest absolute Gasteiger partial charge is 0.277 e. The van der Waals surface area contributed by atoms with Crippen molar-refractivity contribution in [3.8, 4) is 0 Å². The molecule has 0 unspecified atom stereocenters. The maximum atomic E-state index is 12.7. The lowest BCUT2D eigenvalue weighted by atomic mass is 10.3. The fourth-order valence-corrected chi connectivity index (χ4v) is 2.76. The molecule has 0 radical (unpaired) electrons. The van der Waals surface area contributed by atoms with Crippen LogP contribution < -0.4 is 10.6 Å². The lowest BCUT2D eigenvalue weighted by Crippen LogP contribution is -2.21. The van der Waals surface area contributed by atoms with E-state index in [0.717, 1.165) is 5.69 Å². The molecular formula is C16H19ClN8O2. The molecule has 0 saturated heterocycles. The van der Waals surface area contributed by atoms with Crippen molar-refractivity contribution in [1.82, 2.24) is 29.3 Å². The standard InChI is InChI=1S/C16H19ClN8O2/c1-8-10(6-18-23(8)3)20-16(27)14-11(7-19-25(14)5)21-15(26)13-12(17)9(2)24(4)22-13/h6-7H,1-5H3,(H,20,27)(H,21,26). The molecule has 0 aliphatic carbocycles. The molecule has 10 nitrogen and oxygen atoms in total. The minimum atomic E-state index is -0.525. The zero-order valence-corrected chi connectivity index (χ0v) is 16.3. The summed E-state index contributed by atoms with van der Waals surface area (Å²) in [5, 5.41) is 17.9. The second-order valence-electron chi connectivity index (χ2n) is 6.08. The third kappa shape index (κ3) is 3.31. The highest BCUT2D eigenvalue weighted by molar-refractivity contribution is 6.34. The van der Waals surface area contributed by atoms with E-state index in [0.29, 0.717) is 11.4 Å². The van der Waals surface area contributed by atoms with Crippen LogP contribution in [-0.2, 0) is 21.1 Å². The van der Waals surface area contributed by atoms with Crippen LogP contribution in [0.25, 0.3) is 0 Å². The zero-order chi connectivity index (χ0) is 19.9. The molecule has 142 valence electrons. The summed E-state index contributed by atoms with van der Waals surface area (Å²) in [5.41, 5.74) is 2.56. The van der Waals surface area contributed by atoms with Crippen molar-refractivity contribution < 1.29 is 9.59 Å². The first-order valence-electron chi connectivity index (χ1n) is 8.03. The Hall–Kier alpha value is -3.14. The Kier molecular flexibility index (Phi) is 4.75. The molecule has 0 aromatic carbocycles. The van der Waals surface area contributed by atoms with E-state index in [1.165, 1.54) is 15.6 Å². The van der Waals surface area contributed by atoms with Crippen LogP contribution in [0.5, 0.6) is 0 Å². The second-order valence-corrected chi connectivity index (χ2v) is 6.46. The van der Waals surface area contributed by atoms with Gasteiger partial charge in [0.1, 0.15) is 5.69 Å². The molecule has 27 heavy (non-hydrogen) atoms. The first kappa shape index (κ1) is 18.6. The number of amides is 2. The highest BCUT2D eigenvalue weighted by Crippen LogP contribution is 2.22. The van der Waals surface area contributed by atoms with Crippen LogP contribution in [0.4, 0.5) is 11.4 Å². The zero-order valence-electron chi connectivity index (χ0n) is 15.5. The molecule has 2 N–H and O–H groups in total. The minimum Gasteiger partial charge on any atom is -0.318 e. The quantitative estimate of drug-likeness (QED) is 0.703. The van der Waals surface area contributed by atoms with Gasteiger partial charge in [0.05, 0.1) is 40.2 Å². The van der Waals surface area contributed by atoms with Crippen LogP contribution in [0.15, 0.2) is 12.4 Å². The highest BCUT2D eigenvalue weighted by Gasteiger charge is 2.23. The Morgan fingerprint density at radius 1 is 0.889 bits per heavy atom. The van der Waals surface area contributed by atoms with Gasteiger partial charge in [-0.05, 0) is 13.8 Å². The van der Waals surface area contributed by atoms with Crippen molar-refractivity contribution in [2.24, 2.45) is 21.1 Å². The molecule has 3 aromatic rings. The Bertz CT molecular complexity index is 1050. The van der Waals surface area contributed by atoms with Crippen molar-refractivity contribution in [2.45, 2.75) is 13.8 Å². The van der Waals surface area contributed by atoms with E-state index in [9.17, 15) is 9.59 Å². The van der Waals surface area contributed by atoms with Gasteiger partial charge in [0.25, 0.3) is 11.8 Å². The predicted molar refractivity (Wildman–Crippen MR) is 100 cm³/mol. The summed E-state index contributed by atoms with van der Waals surface area (Å²) in [6.45, 7) is 3.59. The molecule has 0 aliphatic heterocycles. The summed E-state index contributed by atoms with van der Waals surface area (Å²) in [6, 6.07) is 0. The van der Waals surface area contributed by atoms with Gasteiger partial charge in [-0.3, -0.25) is 23.6 Å². The van der Waals surface area contributed by atoms with Crippen molar-refractivity contribution in [3.05, 3.63) is 40.2 Å². The predicted octanol–water partition coefficient (Wildman–Crippen LogP) is 1.66. The molecule has 0 bridgehead atoms. The number of anilines is 2. The number of aromatic nitrogens is 6. The summed E-state index contributed by atoms with van der Waals surface area (Å²) in [5.74, 6) is -0.951. The van der Waals surface area contributed by atoms with Crippen LogP contribution in [0.1, 0.15) is 32.4 Å². The van der Waals surface area contributed by atoms with Gasteiger partial charge < -0.3 is 10.6 Å². The molecule has 0 fully saturated rings. The van der Waals surface area contributed by atoms with Gasteiger partial charge >= 0.3 is 0 Å². The minimum absolute atomic E-state index is 0.0787. The third-order valence-electron chi connectivity index (χ3n) is 4.36. The van der Waals surface area contributed by atoms with Gasteiger partial charge in [0, 0.05) is 21.1 Å². The fraction of sp³-hybridized carbons (Fsp3) is 0.312. The molecule has 0 spiro atoms. The molecule has 0 aliphatic rings. The van der Waals surface area contributed by atoms with Crippen molar-refractivity contribution >= 4 is 34.8 Å². The van der Waals surface area contributed by atoms with Gasteiger partial charge in [0.2, 0.25) is 0 Å². The Labute approximate surface area is 160 Å². The first-order chi connectivity index (χ1) is 12.7. The number of hydrogen-bond acceptors (Lipinski definition) is 5. The van der Waals surface area contributed by atoms with Crippen LogP contribution in [0.2, 0.25) is 5.02 Å². The molecule has 2 amide bonds. The van der Waals surface area contributed by atoms with Crippen LogP contribution in [-0.4, -0.2) is 41.2 Å². The largest absolute Gasteiger partial charge is 0.318 e. The fourth-order valence-electron chi connectivity index (χ4n) is 2.51. The normalized spacial score (nSPS) is 10.9. The number of carbonyl (C=O) groups is 2. The summed E-state index contributed by atoms with van der Waals surface area (Å²) in [6.07, 6.45) is 2.95. The molecule has 11 heteroatoms. The van der Waals surface area contributed by atoms with Gasteiger partial charge in [0.15, 0.2) is 5.69 Å². The Morgan fingerprint density at radius 2 is 1.48 bits per heavy atom. The summed E-state index contributed by atoms with van der Waals surface area (Å²) in [4.78, 5) is 25.3. The van der Waals surface area contributed by atoms with Crippen molar-refractivity contribution in [3.63, 3.8) is 0 Å². The number of halogens is 1. The van der Waals surface area contributed by atoms with Crippen LogP contribution in [0.3, 0.4) is 0 Å². The second kappa shape index (κ2) is 6.88. The van der Waals surface area contributed by atoms with E-state index in [2.05, 4.69) is 25.9 Å². The molecule has 3 aromatic heterocycles. The maximum absolute atomic E-state index is 12.7. The number of nitrogens with zero attached hydrogens (tertiary/aromatic N) is 6. The lowest BCUT2D eigenvalue weighted by molar-refractivity contribution is 0.101. The topological polar surface area (TPSA) is 112 Å². The van der Waals surface area contributed by atoms with Gasteiger partial charge in [-0.2, -0.15) is 15.3 Å². The average molecular weight is 391 g/mol. The average Bonchev–Trinajstić information content (AvgIpc) is 3.22. The number of carbonyl (C=O) groups excluding carboxylic acids is 2. The van der Waals surface area contributed by atoms with Crippen molar-refractivity contribution in [1.29, 1.82) is 0 Å². The SMILES string of the molecule is Cc1c(NC(=O)c2c(NC(=O)c3nn(C)c(C)c3Cl)cnn2C)cnn1C. The monoisotopic (exact) mass is 390 g/mol. The maximum Gasteiger partial charge on any atom is 0.277 e. The molecule has 0 atom stereocenters. The molecule has 0 saturated carbocycles. The molecular weight excluding hydrogens is 372 g/mol. The van der Waals surface area contributed by atoms with Gasteiger partial charge in [-0.1, -0.05) is 11.6 Å². The van der Waals surface area contributed by atoms with E-state index in [1.54, 1.807) is 38.9 Å². The first-order valence-corrected chi connectivity index (χ1v) is 8.41. The van der Waals surface area contributed by atoms with Gasteiger partial charge in [-0.25, -0.2) is 0 Å². The highest BCUT2D eigenvalue weighted by atomic mass is 35.5. The van der Waals surface area contributed by atoms with E-state index in [1.807, 2.05) is 6.92 Å². The molecule has 3 heterocycles. The van der Waals surface area contributed by atoms with Gasteiger partial charge in [-0.15, -0.1) is 0 Å². The number of hydrogen-bond donors (Lipinski definition) is 2. The number of aryl methyl sites for hydroxylation is 3. The summed E-state index contributed by atoms with van der Waals surface area (Å²) < 4.78 is 4.54. The van der Waals surface area contributed by atoms with Crippen LogP contribution >= 0.6 is 11.6 Å². The van der Waals surface area contributed by atoms with Crippen molar-refractivity contribution in [2.75, 3.05) is 10.6 Å². The third-order valence-corrected chi connectivity index (χ3v) is 4.81. The van der Waals surface area contributed by atoms with E-state index < -0.39 is 11.8 Å². The Morgan fingerprint density at radius 3 is 2.04 bits per heavy atom. The lowest BCUT2D eigenvalue weighted by Gasteiger charge is -2.08. The number of rotatable bonds is 4. The number of nitrogens with one attached hydrogen (secondary N) is 2. The van der Waals surface area contributed by atoms with Crippen LogP contribution in [0, 0.1) is 13.8 Å². The summed E-state index contributed by atoms with van der Waals surface area (Å²) in [7, 11) is 5.08. The van der Waals surface area contributed by atoms with E-state index in [4.69, 9.17) is 11.6 Å². The Balaban J connectivity index is 1.86. The summed E-state index contributed by atoms with van der Waals surface area (Å²) >= 11 is 6.16. The van der Waals surface area contributed by atoms with E-state index >= 15 is 0 Å². The van der Waals surface area contributed by atoms with E-state index in [-0.39, 0.29) is 22.1 Å².